The summed E-state index contributed by atoms with van der Waals surface area (Å²) in [6.45, 7) is 3.03. The molecule has 0 radical (unpaired) electrons. The molecule has 0 aromatic carbocycles. The summed E-state index contributed by atoms with van der Waals surface area (Å²) in [6, 6.07) is 1.65. The van der Waals surface area contributed by atoms with E-state index < -0.39 is 0 Å². The lowest BCUT2D eigenvalue weighted by atomic mass is 10.3. The van der Waals surface area contributed by atoms with Crippen LogP contribution in [-0.2, 0) is 0 Å². The van der Waals surface area contributed by atoms with Crippen LogP contribution in [0.3, 0.4) is 0 Å². The first-order valence-electron chi connectivity index (χ1n) is 5.16. The SMILES string of the molecule is CCCC[N+](C)(C)n1ccc(N)nc1=O. The topological polar surface area (TPSA) is 60.9 Å². The Morgan fingerprint density at radius 3 is 2.73 bits per heavy atom. The second-order valence-electron chi connectivity index (χ2n) is 4.18. The van der Waals surface area contributed by atoms with Crippen LogP contribution in [0, 0.1) is 0 Å². The average molecular weight is 211 g/mol. The van der Waals surface area contributed by atoms with Crippen molar-refractivity contribution in [1.82, 2.24) is 14.3 Å². The van der Waals surface area contributed by atoms with Gasteiger partial charge in [0, 0.05) is 6.07 Å². The minimum Gasteiger partial charge on any atom is -0.383 e. The molecule has 0 spiro atoms. The minimum atomic E-state index is -0.295. The summed E-state index contributed by atoms with van der Waals surface area (Å²) < 4.78 is 2.08. The number of nitrogens with two attached hydrogens (primary N) is 1. The normalized spacial score (nSPS) is 11.7. The van der Waals surface area contributed by atoms with Crippen LogP contribution in [0.4, 0.5) is 5.82 Å². The second-order valence-corrected chi connectivity index (χ2v) is 4.18. The maximum absolute atomic E-state index is 11.6. The third-order valence-corrected chi connectivity index (χ3v) is 2.45. The maximum atomic E-state index is 11.6. The van der Waals surface area contributed by atoms with Crippen LogP contribution < -0.4 is 16.0 Å². The number of quaternary nitrogens is 1. The molecule has 0 amide bonds. The van der Waals surface area contributed by atoms with Crippen molar-refractivity contribution in [1.29, 1.82) is 0 Å². The molecule has 0 bridgehead atoms. The Hall–Kier alpha value is -1.36. The molecule has 1 aromatic rings. The third kappa shape index (κ3) is 2.79. The van der Waals surface area contributed by atoms with Crippen molar-refractivity contribution >= 4 is 5.82 Å². The average Bonchev–Trinajstić information content (AvgIpc) is 2.14. The molecule has 0 fully saturated rings. The second kappa shape index (κ2) is 4.44. The first-order chi connectivity index (χ1) is 6.97. The zero-order valence-corrected chi connectivity index (χ0v) is 9.60. The summed E-state index contributed by atoms with van der Waals surface area (Å²) in [6.07, 6.45) is 3.88. The van der Waals surface area contributed by atoms with Crippen LogP contribution in [0.15, 0.2) is 17.1 Å². The van der Waals surface area contributed by atoms with E-state index in [4.69, 9.17) is 5.73 Å². The molecular formula is C10H19N4O+. The maximum Gasteiger partial charge on any atom is 0.394 e. The number of anilines is 1. The molecule has 0 saturated carbocycles. The van der Waals surface area contributed by atoms with Gasteiger partial charge in [-0.05, 0) is 6.42 Å². The van der Waals surface area contributed by atoms with Gasteiger partial charge in [0.15, 0.2) is 0 Å². The van der Waals surface area contributed by atoms with Gasteiger partial charge in [0.2, 0.25) is 0 Å². The molecule has 1 aromatic heterocycles. The fourth-order valence-electron chi connectivity index (χ4n) is 1.47. The van der Waals surface area contributed by atoms with Crippen LogP contribution in [0.1, 0.15) is 19.8 Å². The highest BCUT2D eigenvalue weighted by molar-refractivity contribution is 5.23. The predicted molar refractivity (Wildman–Crippen MR) is 62.1 cm³/mol. The molecule has 5 nitrogen and oxygen atoms in total. The van der Waals surface area contributed by atoms with Crippen LogP contribution in [0.2, 0.25) is 0 Å². The Morgan fingerprint density at radius 1 is 1.53 bits per heavy atom. The Balaban J connectivity index is 2.99. The largest absolute Gasteiger partial charge is 0.394 e. The number of rotatable bonds is 4. The zero-order valence-electron chi connectivity index (χ0n) is 9.60. The molecule has 0 aliphatic carbocycles. The van der Waals surface area contributed by atoms with Crippen LogP contribution in [0.5, 0.6) is 0 Å². The van der Waals surface area contributed by atoms with Gasteiger partial charge in [-0.25, -0.2) is 9.39 Å². The first kappa shape index (κ1) is 11.7. The van der Waals surface area contributed by atoms with E-state index in [0.29, 0.717) is 4.59 Å². The lowest BCUT2D eigenvalue weighted by Gasteiger charge is -2.29. The van der Waals surface area contributed by atoms with Crippen LogP contribution >= 0.6 is 0 Å². The zero-order chi connectivity index (χ0) is 11.5. The van der Waals surface area contributed by atoms with Gasteiger partial charge in [0.25, 0.3) is 0 Å². The van der Waals surface area contributed by atoms with E-state index in [1.165, 1.54) is 0 Å². The molecule has 15 heavy (non-hydrogen) atoms. The molecule has 0 saturated heterocycles. The summed E-state index contributed by atoms with van der Waals surface area (Å²) >= 11 is 0. The lowest BCUT2D eigenvalue weighted by Crippen LogP contribution is -2.56. The molecular weight excluding hydrogens is 192 g/mol. The number of nitrogen functional groups attached to an aromatic ring is 1. The molecule has 1 rings (SSSR count). The van der Waals surface area contributed by atoms with Gasteiger partial charge in [-0.15, -0.1) is 4.68 Å². The number of hydrogen-bond donors (Lipinski definition) is 1. The van der Waals surface area contributed by atoms with Crippen molar-refractivity contribution in [2.24, 2.45) is 0 Å². The Bertz CT molecular complexity index is 383. The van der Waals surface area contributed by atoms with E-state index in [1.807, 2.05) is 14.1 Å². The van der Waals surface area contributed by atoms with Crippen LogP contribution in [0.25, 0.3) is 0 Å². The molecule has 84 valence electrons. The third-order valence-electron chi connectivity index (χ3n) is 2.45. The van der Waals surface area contributed by atoms with Gasteiger partial charge in [0.05, 0.1) is 20.3 Å². The molecule has 0 atom stereocenters. The smallest absolute Gasteiger partial charge is 0.383 e. The highest BCUT2D eigenvalue weighted by Gasteiger charge is 2.19. The molecule has 0 aliphatic rings. The molecule has 0 aliphatic heterocycles. The van der Waals surface area contributed by atoms with E-state index in [1.54, 1.807) is 16.9 Å². The highest BCUT2D eigenvalue weighted by atomic mass is 16.2. The van der Waals surface area contributed by atoms with Crippen molar-refractivity contribution < 1.29 is 0 Å². The van der Waals surface area contributed by atoms with E-state index in [0.717, 1.165) is 19.4 Å². The Kier molecular flexibility index (Phi) is 3.47. The number of hydrogen-bond acceptors (Lipinski definition) is 3. The Labute approximate surface area is 89.7 Å². The summed E-state index contributed by atoms with van der Waals surface area (Å²) in [7, 11) is 3.96. The quantitative estimate of drug-likeness (QED) is 0.730. The van der Waals surface area contributed by atoms with E-state index in [2.05, 4.69) is 11.9 Å². The fraction of sp³-hybridized carbons (Fsp3) is 0.600. The summed E-state index contributed by atoms with van der Waals surface area (Å²) in [5.41, 5.74) is 5.14. The van der Waals surface area contributed by atoms with E-state index >= 15 is 0 Å². The standard InChI is InChI=1S/C10H18N4O/c1-4-5-8-14(2,3)13-7-6-9(11)12-10(13)15/h6-7H,4-5,8H2,1-3H3,(H-,11,12,15)/p+1. The van der Waals surface area contributed by atoms with E-state index in [9.17, 15) is 4.79 Å². The van der Waals surface area contributed by atoms with Gasteiger partial charge in [-0.1, -0.05) is 13.3 Å². The van der Waals surface area contributed by atoms with Crippen molar-refractivity contribution in [2.45, 2.75) is 19.8 Å². The highest BCUT2D eigenvalue weighted by Crippen LogP contribution is 1.99. The molecule has 2 N–H and O–H groups in total. The molecule has 5 heteroatoms. The number of unbranched alkanes of at least 4 members (excludes halogenated alkanes) is 1. The van der Waals surface area contributed by atoms with Gasteiger partial charge in [0.1, 0.15) is 12.4 Å². The lowest BCUT2D eigenvalue weighted by molar-refractivity contribution is 0.191. The van der Waals surface area contributed by atoms with Gasteiger partial charge < -0.3 is 5.73 Å². The van der Waals surface area contributed by atoms with Gasteiger partial charge in [-0.3, -0.25) is 0 Å². The minimum absolute atomic E-state index is 0.270. The fourth-order valence-corrected chi connectivity index (χ4v) is 1.47. The van der Waals surface area contributed by atoms with Crippen molar-refractivity contribution in [2.75, 3.05) is 26.4 Å². The van der Waals surface area contributed by atoms with E-state index in [-0.39, 0.29) is 11.5 Å². The van der Waals surface area contributed by atoms with Crippen molar-refractivity contribution in [3.05, 3.63) is 22.7 Å². The first-order valence-corrected chi connectivity index (χ1v) is 5.16. The van der Waals surface area contributed by atoms with Gasteiger partial charge >= 0.3 is 5.69 Å². The number of aromatic nitrogens is 2. The summed E-state index contributed by atoms with van der Waals surface area (Å²) in [5, 5.41) is 0. The van der Waals surface area contributed by atoms with Crippen molar-refractivity contribution in [3.63, 3.8) is 0 Å². The Morgan fingerprint density at radius 2 is 2.20 bits per heavy atom. The van der Waals surface area contributed by atoms with Crippen molar-refractivity contribution in [3.8, 4) is 0 Å². The number of nitrogens with zero attached hydrogens (tertiary/aromatic N) is 3. The summed E-state index contributed by atoms with van der Waals surface area (Å²) in [4.78, 5) is 15.3. The summed E-state index contributed by atoms with van der Waals surface area (Å²) in [5.74, 6) is 0.270. The monoisotopic (exact) mass is 211 g/mol. The predicted octanol–water partition coefficient (Wildman–Crippen LogP) is 0.324. The molecule has 0 unspecified atom stereocenters. The van der Waals surface area contributed by atoms with Crippen LogP contribution in [-0.4, -0.2) is 30.3 Å². The molecule has 1 heterocycles. The van der Waals surface area contributed by atoms with Gasteiger partial charge in [-0.2, -0.15) is 4.98 Å².